The summed E-state index contributed by atoms with van der Waals surface area (Å²) in [5.74, 6) is 0. The normalized spacial score (nSPS) is 16.9. The Bertz CT molecular complexity index is 213. The first-order valence-corrected chi connectivity index (χ1v) is 10.1. The van der Waals surface area contributed by atoms with Crippen molar-refractivity contribution in [3.05, 3.63) is 10.3 Å². The molecule has 1 aliphatic heterocycles. The van der Waals surface area contributed by atoms with Gasteiger partial charge in [-0.05, 0) is 38.9 Å². The monoisotopic (exact) mass is 284 g/mol. The zero-order chi connectivity index (χ0) is 11.1. The van der Waals surface area contributed by atoms with E-state index in [2.05, 4.69) is 5.41 Å². The van der Waals surface area contributed by atoms with E-state index >= 15 is 0 Å². The summed E-state index contributed by atoms with van der Waals surface area (Å²) in [5, 5.41) is 2.21. The third-order valence-corrected chi connectivity index (χ3v) is 8.93. The molecule has 3 nitrogen and oxygen atoms in total. The summed E-state index contributed by atoms with van der Waals surface area (Å²) >= 11 is 0. The van der Waals surface area contributed by atoms with Gasteiger partial charge in [-0.25, -0.2) is 0 Å². The van der Waals surface area contributed by atoms with Gasteiger partial charge in [-0.15, -0.1) is 0 Å². The van der Waals surface area contributed by atoms with E-state index in [9.17, 15) is 0 Å². The van der Waals surface area contributed by atoms with E-state index in [4.69, 9.17) is 13.3 Å². The average molecular weight is 285 g/mol. The van der Waals surface area contributed by atoms with Crippen LogP contribution in [-0.2, 0) is 13.3 Å². The van der Waals surface area contributed by atoms with Crippen molar-refractivity contribution in [2.45, 2.75) is 18.9 Å². The highest BCUT2D eigenvalue weighted by atomic mass is 33.5. The molecule has 0 aromatic rings. The van der Waals surface area contributed by atoms with Gasteiger partial charge in [0.25, 0.3) is 0 Å². The molecule has 0 N–H and O–H groups in total. The highest BCUT2D eigenvalue weighted by Crippen LogP contribution is 2.50. The van der Waals surface area contributed by atoms with E-state index in [1.165, 1.54) is 4.91 Å². The maximum atomic E-state index is 5.36. The lowest BCUT2D eigenvalue weighted by Gasteiger charge is -2.24. The van der Waals surface area contributed by atoms with Gasteiger partial charge >= 0.3 is 8.80 Å². The Balaban J connectivity index is 2.27. The van der Waals surface area contributed by atoms with Crippen molar-refractivity contribution < 1.29 is 13.3 Å². The molecule has 1 rings (SSSR count). The summed E-state index contributed by atoms with van der Waals surface area (Å²) in [6.45, 7) is 0. The van der Waals surface area contributed by atoms with Gasteiger partial charge in [-0.3, -0.25) is 0 Å². The van der Waals surface area contributed by atoms with Crippen molar-refractivity contribution in [1.29, 1.82) is 0 Å². The second kappa shape index (κ2) is 7.26. The fourth-order valence-corrected chi connectivity index (χ4v) is 7.06. The summed E-state index contributed by atoms with van der Waals surface area (Å²) in [4.78, 5) is 1.44. The maximum absolute atomic E-state index is 5.36. The zero-order valence-corrected chi connectivity index (χ0v) is 12.6. The average Bonchev–Trinajstić information content (AvgIpc) is 2.78. The van der Waals surface area contributed by atoms with Crippen LogP contribution in [0.2, 0.25) is 6.04 Å². The van der Waals surface area contributed by atoms with Crippen LogP contribution in [0.15, 0.2) is 10.3 Å². The Hall–Kier alpha value is 0.887. The molecule has 88 valence electrons. The Morgan fingerprint density at radius 2 is 1.87 bits per heavy atom. The fourth-order valence-electron chi connectivity index (χ4n) is 1.29. The molecule has 0 aromatic heterocycles. The molecule has 1 aliphatic rings. The van der Waals surface area contributed by atoms with Crippen molar-refractivity contribution in [1.82, 2.24) is 0 Å². The van der Waals surface area contributed by atoms with Gasteiger partial charge in [0.1, 0.15) is 0 Å². The highest BCUT2D eigenvalue weighted by Gasteiger charge is 2.36. The van der Waals surface area contributed by atoms with E-state index in [1.807, 2.05) is 20.6 Å². The van der Waals surface area contributed by atoms with Crippen LogP contribution in [0.25, 0.3) is 0 Å². The fraction of sp³-hybridized carbons (Fsp3) is 0.750. The van der Waals surface area contributed by atoms with Gasteiger partial charge in [-0.1, -0.05) is 10.8 Å². The molecule has 0 bridgehead atoms. The zero-order valence-electron chi connectivity index (χ0n) is 9.15. The molecule has 0 atom stereocenters. The van der Waals surface area contributed by atoms with Crippen molar-refractivity contribution in [3.8, 4) is 0 Å². The predicted octanol–water partition coefficient (Wildman–Crippen LogP) is 3.53. The molecule has 0 spiro atoms. The first-order chi connectivity index (χ1) is 7.26. The van der Waals surface area contributed by atoms with Crippen LogP contribution in [0.4, 0.5) is 0 Å². The summed E-state index contributed by atoms with van der Waals surface area (Å²) in [5.41, 5.74) is 0. The molecule has 0 amide bonds. The van der Waals surface area contributed by atoms with Crippen molar-refractivity contribution in [2.24, 2.45) is 0 Å². The van der Waals surface area contributed by atoms with Crippen LogP contribution in [0.3, 0.4) is 0 Å². The molecule has 0 saturated heterocycles. The second-order valence-electron chi connectivity index (χ2n) is 2.98. The van der Waals surface area contributed by atoms with Gasteiger partial charge in [0.15, 0.2) is 0 Å². The van der Waals surface area contributed by atoms with Gasteiger partial charge < -0.3 is 13.3 Å². The molecular weight excluding hydrogens is 268 g/mol. The second-order valence-corrected chi connectivity index (χ2v) is 10.0. The Labute approximate surface area is 104 Å². The topological polar surface area (TPSA) is 27.7 Å². The minimum Gasteiger partial charge on any atom is -0.377 e. The van der Waals surface area contributed by atoms with Crippen LogP contribution in [0.1, 0.15) is 12.8 Å². The van der Waals surface area contributed by atoms with E-state index < -0.39 is 8.80 Å². The minimum absolute atomic E-state index is 0.879. The van der Waals surface area contributed by atoms with Crippen LogP contribution >= 0.6 is 31.4 Å². The number of allylic oxidation sites excluding steroid dienone is 1. The largest absolute Gasteiger partial charge is 0.500 e. The Morgan fingerprint density at radius 3 is 2.33 bits per heavy atom. The molecule has 0 aromatic carbocycles. The number of hydrogen-bond acceptors (Lipinski definition) is 6. The van der Waals surface area contributed by atoms with Gasteiger partial charge in [0, 0.05) is 32.3 Å². The smallest absolute Gasteiger partial charge is 0.377 e. The van der Waals surface area contributed by atoms with Gasteiger partial charge in [0.2, 0.25) is 0 Å². The lowest BCUT2D eigenvalue weighted by molar-refractivity contribution is 0.123. The van der Waals surface area contributed by atoms with Crippen molar-refractivity contribution in [3.63, 3.8) is 0 Å². The quantitative estimate of drug-likeness (QED) is 0.524. The lowest BCUT2D eigenvalue weighted by Crippen LogP contribution is -2.42. The predicted molar refractivity (Wildman–Crippen MR) is 71.7 cm³/mol. The molecular formula is C8H16O3S3Si. The highest BCUT2D eigenvalue weighted by molar-refractivity contribution is 9.11. The maximum Gasteiger partial charge on any atom is 0.500 e. The third-order valence-electron chi connectivity index (χ3n) is 2.20. The molecule has 0 radical (unpaired) electrons. The molecule has 0 saturated carbocycles. The SMILES string of the molecule is CO[Si](CCCC1=CSSS1)(OC)OC. The molecule has 0 unspecified atom stereocenters. The van der Waals surface area contributed by atoms with Crippen LogP contribution in [0, 0.1) is 0 Å². The summed E-state index contributed by atoms with van der Waals surface area (Å²) in [7, 11) is 8.10. The van der Waals surface area contributed by atoms with Gasteiger partial charge in [0.05, 0.1) is 0 Å². The summed E-state index contributed by atoms with van der Waals surface area (Å²) < 4.78 is 16.1. The number of hydrogen-bond donors (Lipinski definition) is 0. The first kappa shape index (κ1) is 13.9. The standard InChI is InChI=1S/C8H16O3S3Si/c1-9-15(10-2,11-3)6-4-5-8-7-12-14-13-8/h7H,4-6H2,1-3H3. The van der Waals surface area contributed by atoms with E-state index in [0.717, 1.165) is 18.9 Å². The molecule has 15 heavy (non-hydrogen) atoms. The molecule has 7 heteroatoms. The van der Waals surface area contributed by atoms with Crippen LogP contribution in [-0.4, -0.2) is 30.1 Å². The first-order valence-electron chi connectivity index (χ1n) is 4.61. The van der Waals surface area contributed by atoms with Gasteiger partial charge in [-0.2, -0.15) is 0 Å². The lowest BCUT2D eigenvalue weighted by atomic mass is 10.3. The minimum atomic E-state index is -2.34. The summed E-state index contributed by atoms with van der Waals surface area (Å²) in [6, 6.07) is 0.879. The summed E-state index contributed by atoms with van der Waals surface area (Å²) in [6.07, 6.45) is 2.15. The van der Waals surface area contributed by atoms with Crippen molar-refractivity contribution in [2.75, 3.05) is 21.3 Å². The third kappa shape index (κ3) is 4.33. The van der Waals surface area contributed by atoms with Crippen LogP contribution < -0.4 is 0 Å². The molecule has 0 fully saturated rings. The Kier molecular flexibility index (Phi) is 6.75. The van der Waals surface area contributed by atoms with Crippen LogP contribution in [0.5, 0.6) is 0 Å². The van der Waals surface area contributed by atoms with E-state index in [0.29, 0.717) is 0 Å². The van der Waals surface area contributed by atoms with E-state index in [1.54, 1.807) is 32.1 Å². The Morgan fingerprint density at radius 1 is 1.20 bits per heavy atom. The molecule has 0 aliphatic carbocycles. The van der Waals surface area contributed by atoms with E-state index in [-0.39, 0.29) is 0 Å². The van der Waals surface area contributed by atoms with Crippen molar-refractivity contribution >= 4 is 40.2 Å². The number of rotatable bonds is 7. The molecule has 1 heterocycles.